The van der Waals surface area contributed by atoms with Crippen LogP contribution in [0.3, 0.4) is 0 Å². The minimum absolute atomic E-state index is 0.165. The Balaban J connectivity index is 1.43. The van der Waals surface area contributed by atoms with Gasteiger partial charge in [-0.05, 0) is 29.8 Å². The molecule has 1 aromatic heterocycles. The fourth-order valence-electron chi connectivity index (χ4n) is 2.63. The van der Waals surface area contributed by atoms with Crippen LogP contribution in [0.5, 0.6) is 17.2 Å². The highest BCUT2D eigenvalue weighted by Crippen LogP contribution is 2.32. The number of methoxy groups -OCH3 is 1. The van der Waals surface area contributed by atoms with Crippen LogP contribution in [0.15, 0.2) is 42.5 Å². The van der Waals surface area contributed by atoms with E-state index < -0.39 is 0 Å². The summed E-state index contributed by atoms with van der Waals surface area (Å²) in [5.74, 6) is 2.03. The summed E-state index contributed by atoms with van der Waals surface area (Å²) in [5, 5.41) is 16.3. The minimum atomic E-state index is -0.355. The lowest BCUT2D eigenvalue weighted by molar-refractivity contribution is 0.0946. The molecule has 0 aliphatic carbocycles. The van der Waals surface area contributed by atoms with E-state index in [4.69, 9.17) is 14.2 Å². The molecule has 1 aliphatic rings. The highest BCUT2D eigenvalue weighted by atomic mass is 16.7. The summed E-state index contributed by atoms with van der Waals surface area (Å²) in [6.07, 6.45) is 0. The second kappa shape index (κ2) is 7.24. The first-order valence-corrected chi connectivity index (χ1v) is 8.21. The third kappa shape index (κ3) is 3.61. The van der Waals surface area contributed by atoms with Gasteiger partial charge in [0.05, 0.1) is 7.11 Å². The van der Waals surface area contributed by atoms with Crippen LogP contribution in [0.25, 0.3) is 0 Å². The standard InChI is InChI=1S/C18H17N5O4/c1-25-13-4-2-3-12(8-13)20-17-16(21-23-22-17)18(24)19-9-11-5-6-14-15(7-11)27-10-26-14/h2-8H,9-10H2,1H3,(H,19,24)(H2,20,21,22,23). The SMILES string of the molecule is COc1cccc(Nc2n[nH]nc2C(=O)NCc2ccc3c(c2)OCO3)c1. The number of benzene rings is 2. The first kappa shape index (κ1) is 16.7. The van der Waals surface area contributed by atoms with E-state index in [-0.39, 0.29) is 18.4 Å². The molecule has 2 aromatic carbocycles. The average molecular weight is 367 g/mol. The molecule has 0 saturated carbocycles. The molecule has 3 N–H and O–H groups in total. The predicted molar refractivity (Wildman–Crippen MR) is 96.4 cm³/mol. The van der Waals surface area contributed by atoms with Crippen molar-refractivity contribution in [3.05, 3.63) is 53.7 Å². The topological polar surface area (TPSA) is 110 Å². The quantitative estimate of drug-likeness (QED) is 0.613. The average Bonchev–Trinajstić information content (AvgIpc) is 3.35. The van der Waals surface area contributed by atoms with Crippen LogP contribution < -0.4 is 24.8 Å². The first-order valence-electron chi connectivity index (χ1n) is 8.21. The van der Waals surface area contributed by atoms with Crippen molar-refractivity contribution in [1.29, 1.82) is 0 Å². The summed E-state index contributed by atoms with van der Waals surface area (Å²) >= 11 is 0. The Hall–Kier alpha value is -3.75. The number of anilines is 2. The number of nitrogens with one attached hydrogen (secondary N) is 3. The van der Waals surface area contributed by atoms with Crippen LogP contribution in [0.4, 0.5) is 11.5 Å². The molecule has 138 valence electrons. The van der Waals surface area contributed by atoms with Gasteiger partial charge in [0.15, 0.2) is 23.0 Å². The number of amides is 1. The fraction of sp³-hybridized carbons (Fsp3) is 0.167. The van der Waals surface area contributed by atoms with Crippen molar-refractivity contribution in [2.75, 3.05) is 19.2 Å². The normalized spacial score (nSPS) is 11.9. The molecule has 0 saturated heterocycles. The zero-order chi connectivity index (χ0) is 18.6. The molecule has 3 aromatic rings. The molecule has 4 rings (SSSR count). The molecule has 0 spiro atoms. The van der Waals surface area contributed by atoms with E-state index in [0.717, 1.165) is 11.3 Å². The van der Waals surface area contributed by atoms with Gasteiger partial charge in [-0.1, -0.05) is 12.1 Å². The van der Waals surface area contributed by atoms with Gasteiger partial charge in [0, 0.05) is 18.3 Å². The minimum Gasteiger partial charge on any atom is -0.497 e. The Morgan fingerprint density at radius 3 is 2.96 bits per heavy atom. The van der Waals surface area contributed by atoms with Crippen molar-refractivity contribution >= 4 is 17.4 Å². The summed E-state index contributed by atoms with van der Waals surface area (Å²) in [4.78, 5) is 12.5. The number of hydrogen-bond donors (Lipinski definition) is 3. The molecule has 27 heavy (non-hydrogen) atoms. The summed E-state index contributed by atoms with van der Waals surface area (Å²) in [6, 6.07) is 12.8. The molecule has 9 heteroatoms. The third-order valence-corrected chi connectivity index (χ3v) is 3.99. The van der Waals surface area contributed by atoms with Crippen LogP contribution in [0, 0.1) is 0 Å². The number of aromatic amines is 1. The summed E-state index contributed by atoms with van der Waals surface area (Å²) in [6.45, 7) is 0.532. The zero-order valence-electron chi connectivity index (χ0n) is 14.5. The van der Waals surface area contributed by atoms with Crippen molar-refractivity contribution in [2.45, 2.75) is 6.54 Å². The van der Waals surface area contributed by atoms with Crippen LogP contribution in [0.2, 0.25) is 0 Å². The maximum atomic E-state index is 12.5. The van der Waals surface area contributed by atoms with Crippen molar-refractivity contribution in [1.82, 2.24) is 20.7 Å². The van der Waals surface area contributed by atoms with E-state index in [1.54, 1.807) is 13.2 Å². The second-order valence-electron chi connectivity index (χ2n) is 5.75. The van der Waals surface area contributed by atoms with E-state index in [1.807, 2.05) is 36.4 Å². The highest BCUT2D eigenvalue weighted by molar-refractivity contribution is 5.97. The number of carbonyl (C=O) groups excluding carboxylic acids is 1. The number of carbonyl (C=O) groups is 1. The third-order valence-electron chi connectivity index (χ3n) is 3.99. The lowest BCUT2D eigenvalue weighted by Crippen LogP contribution is -2.24. The van der Waals surface area contributed by atoms with E-state index >= 15 is 0 Å². The van der Waals surface area contributed by atoms with Crippen molar-refractivity contribution < 1.29 is 19.0 Å². The van der Waals surface area contributed by atoms with Crippen LogP contribution in [0.1, 0.15) is 16.1 Å². The van der Waals surface area contributed by atoms with Crippen LogP contribution in [-0.2, 0) is 6.54 Å². The van der Waals surface area contributed by atoms with Crippen molar-refractivity contribution in [3.63, 3.8) is 0 Å². The van der Waals surface area contributed by atoms with Gasteiger partial charge >= 0.3 is 0 Å². The van der Waals surface area contributed by atoms with E-state index in [0.29, 0.717) is 29.6 Å². The van der Waals surface area contributed by atoms with Gasteiger partial charge in [-0.25, -0.2) is 0 Å². The molecule has 1 aliphatic heterocycles. The van der Waals surface area contributed by atoms with Crippen LogP contribution >= 0.6 is 0 Å². The monoisotopic (exact) mass is 367 g/mol. The number of H-pyrrole nitrogens is 1. The van der Waals surface area contributed by atoms with Gasteiger partial charge < -0.3 is 24.8 Å². The first-order chi connectivity index (χ1) is 13.2. The highest BCUT2D eigenvalue weighted by Gasteiger charge is 2.18. The number of rotatable bonds is 6. The maximum absolute atomic E-state index is 12.5. The predicted octanol–water partition coefficient (Wildman–Crippen LogP) is 2.22. The summed E-state index contributed by atoms with van der Waals surface area (Å²) < 4.78 is 15.8. The fourth-order valence-corrected chi connectivity index (χ4v) is 2.63. The Morgan fingerprint density at radius 1 is 1.19 bits per heavy atom. The second-order valence-corrected chi connectivity index (χ2v) is 5.75. The molecular formula is C18H17N5O4. The van der Waals surface area contributed by atoms with Gasteiger partial charge in [0.2, 0.25) is 6.79 Å². The lowest BCUT2D eigenvalue weighted by Gasteiger charge is -2.08. The molecule has 0 fully saturated rings. The Labute approximate surface area is 154 Å². The van der Waals surface area contributed by atoms with Crippen molar-refractivity contribution in [2.24, 2.45) is 0 Å². The van der Waals surface area contributed by atoms with Crippen LogP contribution in [-0.4, -0.2) is 35.2 Å². The molecule has 0 bridgehead atoms. The number of fused-ring (bicyclic) bond motifs is 1. The smallest absolute Gasteiger partial charge is 0.275 e. The number of aromatic nitrogens is 3. The van der Waals surface area contributed by atoms with Gasteiger partial charge in [-0.15, -0.1) is 10.2 Å². The zero-order valence-corrected chi connectivity index (χ0v) is 14.5. The number of hydrogen-bond acceptors (Lipinski definition) is 7. The number of nitrogens with zero attached hydrogens (tertiary/aromatic N) is 2. The van der Waals surface area contributed by atoms with Crippen molar-refractivity contribution in [3.8, 4) is 17.2 Å². The Kier molecular flexibility index (Phi) is 4.48. The van der Waals surface area contributed by atoms with E-state index in [9.17, 15) is 4.79 Å². The largest absolute Gasteiger partial charge is 0.497 e. The summed E-state index contributed by atoms with van der Waals surface area (Å²) in [7, 11) is 1.59. The molecule has 1 amide bonds. The molecule has 9 nitrogen and oxygen atoms in total. The number of ether oxygens (including phenoxy) is 3. The van der Waals surface area contributed by atoms with E-state index in [2.05, 4.69) is 26.0 Å². The maximum Gasteiger partial charge on any atom is 0.275 e. The summed E-state index contributed by atoms with van der Waals surface area (Å²) in [5.41, 5.74) is 1.78. The van der Waals surface area contributed by atoms with E-state index in [1.165, 1.54) is 0 Å². The Morgan fingerprint density at radius 2 is 2.07 bits per heavy atom. The molecule has 0 unspecified atom stereocenters. The lowest BCUT2D eigenvalue weighted by atomic mass is 10.2. The van der Waals surface area contributed by atoms with Gasteiger partial charge in [0.1, 0.15) is 5.75 Å². The Bertz CT molecular complexity index is 972. The van der Waals surface area contributed by atoms with Gasteiger partial charge in [-0.2, -0.15) is 5.21 Å². The molecule has 2 heterocycles. The van der Waals surface area contributed by atoms with Gasteiger partial charge in [-0.3, -0.25) is 4.79 Å². The van der Waals surface area contributed by atoms with Gasteiger partial charge in [0.25, 0.3) is 5.91 Å². The molecular weight excluding hydrogens is 350 g/mol. The molecule has 0 atom stereocenters. The molecule has 0 radical (unpaired) electrons.